The van der Waals surface area contributed by atoms with E-state index in [-0.39, 0.29) is 10.6 Å². The first kappa shape index (κ1) is 12.3. The van der Waals surface area contributed by atoms with E-state index in [9.17, 15) is 10.1 Å². The lowest BCUT2D eigenvalue weighted by Crippen LogP contribution is -2.44. The van der Waals surface area contributed by atoms with Gasteiger partial charge in [-0.15, -0.1) is 0 Å². The molecule has 2 aliphatic heterocycles. The van der Waals surface area contributed by atoms with Crippen LogP contribution in [-0.2, 0) is 0 Å². The largest absolute Gasteiger partial charge is 0.361 e. The van der Waals surface area contributed by atoms with Crippen molar-refractivity contribution in [1.82, 2.24) is 10.3 Å². The number of aromatic nitrogens is 1. The highest BCUT2D eigenvalue weighted by atomic mass is 16.6. The van der Waals surface area contributed by atoms with Crippen LogP contribution >= 0.6 is 0 Å². The molecule has 6 nitrogen and oxygen atoms in total. The number of nitrogens with zero attached hydrogens (tertiary/aromatic N) is 3. The smallest absolute Gasteiger partial charge is 0.310 e. The van der Waals surface area contributed by atoms with Crippen molar-refractivity contribution in [2.24, 2.45) is 0 Å². The fourth-order valence-corrected chi connectivity index (χ4v) is 3.31. The summed E-state index contributed by atoms with van der Waals surface area (Å²) < 4.78 is 0. The van der Waals surface area contributed by atoms with E-state index in [1.54, 1.807) is 12.3 Å². The Labute approximate surface area is 112 Å². The van der Waals surface area contributed by atoms with E-state index in [2.05, 4.69) is 15.2 Å². The van der Waals surface area contributed by atoms with Gasteiger partial charge >= 0.3 is 5.69 Å². The van der Waals surface area contributed by atoms with Crippen molar-refractivity contribution in [2.45, 2.75) is 37.8 Å². The van der Waals surface area contributed by atoms with Gasteiger partial charge in [0.2, 0.25) is 0 Å². The van der Waals surface area contributed by atoms with Crippen LogP contribution in [-0.4, -0.2) is 35.1 Å². The van der Waals surface area contributed by atoms with Gasteiger partial charge in [0.1, 0.15) is 11.9 Å². The predicted molar refractivity (Wildman–Crippen MR) is 72.3 cm³/mol. The lowest BCUT2D eigenvalue weighted by atomic mass is 10.0. The van der Waals surface area contributed by atoms with Crippen LogP contribution in [0.25, 0.3) is 0 Å². The van der Waals surface area contributed by atoms with Crippen LogP contribution in [0.2, 0.25) is 0 Å². The molecule has 0 spiro atoms. The third-order valence-corrected chi connectivity index (χ3v) is 4.15. The van der Waals surface area contributed by atoms with Gasteiger partial charge in [-0.1, -0.05) is 0 Å². The van der Waals surface area contributed by atoms with Crippen LogP contribution < -0.4 is 10.2 Å². The van der Waals surface area contributed by atoms with Crippen LogP contribution in [0.15, 0.2) is 18.5 Å². The second-order valence-electron chi connectivity index (χ2n) is 5.23. The Hall–Kier alpha value is -1.69. The van der Waals surface area contributed by atoms with Gasteiger partial charge in [-0.3, -0.25) is 15.1 Å². The summed E-state index contributed by atoms with van der Waals surface area (Å²) in [5.41, 5.74) is 0.837. The molecule has 0 saturated carbocycles. The number of pyridine rings is 1. The summed E-state index contributed by atoms with van der Waals surface area (Å²) in [4.78, 5) is 16.9. The summed E-state index contributed by atoms with van der Waals surface area (Å²) in [6.07, 6.45) is 7.57. The zero-order chi connectivity index (χ0) is 13.2. The first-order valence-corrected chi connectivity index (χ1v) is 6.86. The summed E-state index contributed by atoms with van der Waals surface area (Å²) in [7, 11) is 0. The molecular weight excluding hydrogens is 244 g/mol. The van der Waals surface area contributed by atoms with Gasteiger partial charge in [-0.25, -0.2) is 0 Å². The Bertz CT molecular complexity index is 473. The molecule has 2 saturated heterocycles. The molecule has 2 atom stereocenters. The zero-order valence-electron chi connectivity index (χ0n) is 10.8. The van der Waals surface area contributed by atoms with Crippen LogP contribution in [0.1, 0.15) is 25.7 Å². The molecule has 3 heterocycles. The van der Waals surface area contributed by atoms with E-state index in [1.807, 2.05) is 0 Å². The third-order valence-electron chi connectivity index (χ3n) is 4.15. The maximum absolute atomic E-state index is 11.1. The van der Waals surface area contributed by atoms with E-state index in [4.69, 9.17) is 0 Å². The molecule has 6 heteroatoms. The minimum atomic E-state index is -0.334. The maximum atomic E-state index is 11.1. The zero-order valence-corrected chi connectivity index (χ0v) is 10.8. The molecule has 2 fully saturated rings. The molecule has 0 amide bonds. The molecule has 3 rings (SSSR count). The van der Waals surface area contributed by atoms with Gasteiger partial charge in [0.05, 0.1) is 4.92 Å². The minimum Gasteiger partial charge on any atom is -0.361 e. The average molecular weight is 262 g/mol. The second-order valence-corrected chi connectivity index (χ2v) is 5.23. The van der Waals surface area contributed by atoms with Gasteiger partial charge in [-0.05, 0) is 38.3 Å². The molecule has 0 bridgehead atoms. The first-order valence-electron chi connectivity index (χ1n) is 6.86. The molecule has 2 aliphatic rings. The average Bonchev–Trinajstić information content (AvgIpc) is 3.09. The monoisotopic (exact) mass is 262 g/mol. The standard InChI is InChI=1S/C13H18N4O2/c18-17(19)13-9-14-7-5-12(13)16-8-2-4-11(16)10-3-1-6-15-10/h5,7,9-11,15H,1-4,6,8H2. The third kappa shape index (κ3) is 2.28. The quantitative estimate of drug-likeness (QED) is 0.663. The fourth-order valence-electron chi connectivity index (χ4n) is 3.31. The van der Waals surface area contributed by atoms with Gasteiger partial charge < -0.3 is 10.2 Å². The Morgan fingerprint density at radius 2 is 2.32 bits per heavy atom. The number of nitrogens with one attached hydrogen (secondary N) is 1. The maximum Gasteiger partial charge on any atom is 0.310 e. The van der Waals surface area contributed by atoms with Gasteiger partial charge in [0.15, 0.2) is 0 Å². The van der Waals surface area contributed by atoms with Crippen molar-refractivity contribution in [1.29, 1.82) is 0 Å². The van der Waals surface area contributed by atoms with E-state index in [0.717, 1.165) is 31.6 Å². The number of hydrogen-bond donors (Lipinski definition) is 1. The van der Waals surface area contributed by atoms with Crippen molar-refractivity contribution >= 4 is 11.4 Å². The van der Waals surface area contributed by atoms with Crippen LogP contribution in [0.4, 0.5) is 11.4 Å². The molecule has 2 unspecified atom stereocenters. The molecule has 1 N–H and O–H groups in total. The summed E-state index contributed by atoms with van der Waals surface area (Å²) in [6, 6.07) is 2.62. The van der Waals surface area contributed by atoms with Crippen LogP contribution in [0.3, 0.4) is 0 Å². The van der Waals surface area contributed by atoms with Crippen molar-refractivity contribution < 1.29 is 4.92 Å². The molecule has 0 aliphatic carbocycles. The lowest BCUT2D eigenvalue weighted by Gasteiger charge is -2.30. The Morgan fingerprint density at radius 3 is 3.05 bits per heavy atom. The highest BCUT2D eigenvalue weighted by Crippen LogP contribution is 2.35. The molecule has 0 aromatic carbocycles. The highest BCUT2D eigenvalue weighted by molar-refractivity contribution is 5.63. The van der Waals surface area contributed by atoms with Crippen molar-refractivity contribution in [3.63, 3.8) is 0 Å². The predicted octanol–water partition coefficient (Wildman–Crippen LogP) is 1.71. The van der Waals surface area contributed by atoms with Gasteiger partial charge in [0.25, 0.3) is 0 Å². The molecule has 102 valence electrons. The first-order chi connectivity index (χ1) is 9.27. The van der Waals surface area contributed by atoms with E-state index >= 15 is 0 Å². The Morgan fingerprint density at radius 1 is 1.42 bits per heavy atom. The number of rotatable bonds is 3. The summed E-state index contributed by atoms with van der Waals surface area (Å²) in [5.74, 6) is 0. The second kappa shape index (κ2) is 5.13. The van der Waals surface area contributed by atoms with Gasteiger partial charge in [0, 0.05) is 24.8 Å². The van der Waals surface area contributed by atoms with Crippen LogP contribution in [0, 0.1) is 10.1 Å². The number of anilines is 1. The molecular formula is C13H18N4O2. The normalized spacial score (nSPS) is 26.8. The lowest BCUT2D eigenvalue weighted by molar-refractivity contribution is -0.384. The van der Waals surface area contributed by atoms with Crippen molar-refractivity contribution in [3.05, 3.63) is 28.6 Å². The molecule has 1 aromatic heterocycles. The fraction of sp³-hybridized carbons (Fsp3) is 0.615. The Balaban J connectivity index is 1.90. The van der Waals surface area contributed by atoms with E-state index < -0.39 is 0 Å². The SMILES string of the molecule is O=[N+]([O-])c1cnccc1N1CCCC1C1CCCN1. The Kier molecular flexibility index (Phi) is 3.33. The summed E-state index contributed by atoms with van der Waals surface area (Å²) >= 11 is 0. The summed E-state index contributed by atoms with van der Waals surface area (Å²) in [6.45, 7) is 1.96. The van der Waals surface area contributed by atoms with Crippen molar-refractivity contribution in [3.8, 4) is 0 Å². The topological polar surface area (TPSA) is 71.3 Å². The van der Waals surface area contributed by atoms with Crippen molar-refractivity contribution in [2.75, 3.05) is 18.0 Å². The van der Waals surface area contributed by atoms with E-state index in [0.29, 0.717) is 12.1 Å². The number of nitro groups is 1. The molecule has 0 radical (unpaired) electrons. The summed E-state index contributed by atoms with van der Waals surface area (Å²) in [5, 5.41) is 14.6. The molecule has 19 heavy (non-hydrogen) atoms. The minimum absolute atomic E-state index is 0.118. The number of hydrogen-bond acceptors (Lipinski definition) is 5. The molecule has 1 aromatic rings. The highest BCUT2D eigenvalue weighted by Gasteiger charge is 2.35. The van der Waals surface area contributed by atoms with Gasteiger partial charge in [-0.2, -0.15) is 0 Å². The van der Waals surface area contributed by atoms with Crippen LogP contribution in [0.5, 0.6) is 0 Å². The van der Waals surface area contributed by atoms with E-state index in [1.165, 1.54) is 19.0 Å².